The lowest BCUT2D eigenvalue weighted by Gasteiger charge is -2.43. The Labute approximate surface area is 205 Å². The number of carboxylic acid groups (broad SMARTS) is 1. The maximum atomic E-state index is 13.6. The zero-order valence-corrected chi connectivity index (χ0v) is 20.7. The predicted octanol–water partition coefficient (Wildman–Crippen LogP) is 4.12. The number of hydrogen-bond donors (Lipinski definition) is 3. The molecule has 2 aromatic rings. The van der Waals surface area contributed by atoms with E-state index in [0.29, 0.717) is 24.1 Å². The van der Waals surface area contributed by atoms with E-state index in [1.807, 2.05) is 12.1 Å². The molecule has 0 aliphatic carbocycles. The number of benzene rings is 2. The van der Waals surface area contributed by atoms with Gasteiger partial charge >= 0.3 is 5.97 Å². The van der Waals surface area contributed by atoms with Crippen LogP contribution >= 0.6 is 11.6 Å². The zero-order valence-electron chi connectivity index (χ0n) is 19.9. The third kappa shape index (κ3) is 7.67. The molecule has 3 N–H and O–H groups in total. The van der Waals surface area contributed by atoms with Crippen molar-refractivity contribution in [3.05, 3.63) is 64.4 Å². The van der Waals surface area contributed by atoms with Crippen molar-refractivity contribution in [3.63, 3.8) is 0 Å². The lowest BCUT2D eigenvalue weighted by molar-refractivity contribution is -0.136. The van der Waals surface area contributed by atoms with Gasteiger partial charge in [0.15, 0.2) is 0 Å². The van der Waals surface area contributed by atoms with Crippen molar-refractivity contribution in [2.45, 2.75) is 57.8 Å². The predicted molar refractivity (Wildman–Crippen MR) is 131 cm³/mol. The highest BCUT2D eigenvalue weighted by atomic mass is 35.5. The molecule has 2 aromatic carbocycles. The molecule has 1 aliphatic rings. The molecule has 1 saturated heterocycles. The minimum Gasteiger partial charge on any atom is -0.490 e. The Morgan fingerprint density at radius 3 is 2.65 bits per heavy atom. The first-order valence-electron chi connectivity index (χ1n) is 11.6. The van der Waals surface area contributed by atoms with Crippen LogP contribution in [0, 0.1) is 11.7 Å². The summed E-state index contributed by atoms with van der Waals surface area (Å²) in [7, 11) is 0. The quantitative estimate of drug-likeness (QED) is 0.463. The zero-order chi connectivity index (χ0) is 24.9. The molecule has 1 fully saturated rings. The standard InChI is InChI=1S/C26H34ClFN2O4/c1-17-13-30(14-19-4-7-21(27)8-5-19)18(2)10-23(17)29-15-26(3,33)16-34-24-12-22(28)9-6-20(24)11-25(31)32/h4-9,12,17-18,23,29,33H,10-11,13-16H2,1-3H3,(H,31,32)/t17-,18-,23-,26?/m0/s1. The second kappa shape index (κ2) is 11.5. The monoisotopic (exact) mass is 492 g/mol. The van der Waals surface area contributed by atoms with E-state index in [-0.39, 0.29) is 24.8 Å². The first kappa shape index (κ1) is 26.4. The Morgan fingerprint density at radius 1 is 1.26 bits per heavy atom. The maximum absolute atomic E-state index is 13.6. The summed E-state index contributed by atoms with van der Waals surface area (Å²) in [5.74, 6) is -1.03. The van der Waals surface area contributed by atoms with E-state index in [9.17, 15) is 14.3 Å². The van der Waals surface area contributed by atoms with Gasteiger partial charge in [0.1, 0.15) is 23.8 Å². The lowest BCUT2D eigenvalue weighted by atomic mass is 9.88. The van der Waals surface area contributed by atoms with E-state index in [2.05, 4.69) is 36.2 Å². The lowest BCUT2D eigenvalue weighted by Crippen LogP contribution is -2.55. The van der Waals surface area contributed by atoms with Crippen LogP contribution in [0.4, 0.5) is 4.39 Å². The molecule has 8 heteroatoms. The molecule has 0 aromatic heterocycles. The highest BCUT2D eigenvalue weighted by molar-refractivity contribution is 6.30. The average molecular weight is 493 g/mol. The number of carboxylic acids is 1. The van der Waals surface area contributed by atoms with Crippen molar-refractivity contribution in [3.8, 4) is 5.75 Å². The van der Waals surface area contributed by atoms with Crippen LogP contribution in [0.3, 0.4) is 0 Å². The van der Waals surface area contributed by atoms with Crippen molar-refractivity contribution in [1.29, 1.82) is 0 Å². The Bertz CT molecular complexity index is 970. The summed E-state index contributed by atoms with van der Waals surface area (Å²) < 4.78 is 19.3. The SMILES string of the molecule is C[C@H]1CN(Cc2ccc(Cl)cc2)[C@@H](C)C[C@@H]1NCC(C)(O)COc1cc(F)ccc1CC(=O)O. The summed E-state index contributed by atoms with van der Waals surface area (Å²) in [5, 5.41) is 24.1. The molecule has 0 amide bonds. The van der Waals surface area contributed by atoms with Crippen molar-refractivity contribution in [2.75, 3.05) is 19.7 Å². The second-order valence-corrected chi connectivity index (χ2v) is 10.1. The van der Waals surface area contributed by atoms with E-state index in [1.54, 1.807) is 6.92 Å². The number of halogens is 2. The van der Waals surface area contributed by atoms with Crippen LogP contribution in [0.25, 0.3) is 0 Å². The summed E-state index contributed by atoms with van der Waals surface area (Å²) in [4.78, 5) is 13.5. The van der Waals surface area contributed by atoms with Gasteiger partial charge in [0.2, 0.25) is 0 Å². The number of hydrogen-bond acceptors (Lipinski definition) is 5. The minimum absolute atomic E-state index is 0.0879. The van der Waals surface area contributed by atoms with Gasteiger partial charge in [-0.05, 0) is 49.9 Å². The molecule has 1 heterocycles. The minimum atomic E-state index is -1.21. The number of piperidine rings is 1. The van der Waals surface area contributed by atoms with Crippen LogP contribution in [-0.2, 0) is 17.8 Å². The summed E-state index contributed by atoms with van der Waals surface area (Å²) in [6.45, 7) is 8.08. The summed E-state index contributed by atoms with van der Waals surface area (Å²) in [6.07, 6.45) is 0.665. The molecule has 0 saturated carbocycles. The van der Waals surface area contributed by atoms with Crippen LogP contribution in [0.5, 0.6) is 5.75 Å². The molecule has 34 heavy (non-hydrogen) atoms. The number of nitrogens with zero attached hydrogens (tertiary/aromatic N) is 1. The fraction of sp³-hybridized carbons (Fsp3) is 0.500. The van der Waals surface area contributed by atoms with Gasteiger partial charge in [-0.2, -0.15) is 0 Å². The van der Waals surface area contributed by atoms with Gasteiger partial charge < -0.3 is 20.3 Å². The van der Waals surface area contributed by atoms with Crippen LogP contribution in [-0.4, -0.2) is 58.5 Å². The van der Waals surface area contributed by atoms with Gasteiger partial charge in [0.25, 0.3) is 0 Å². The second-order valence-electron chi connectivity index (χ2n) is 9.71. The van der Waals surface area contributed by atoms with E-state index < -0.39 is 17.4 Å². The van der Waals surface area contributed by atoms with Gasteiger partial charge in [0.05, 0.1) is 6.42 Å². The van der Waals surface area contributed by atoms with Crippen molar-refractivity contribution < 1.29 is 24.1 Å². The number of aliphatic carboxylic acids is 1. The number of carbonyl (C=O) groups is 1. The molecular weight excluding hydrogens is 459 g/mol. The highest BCUT2D eigenvalue weighted by Gasteiger charge is 2.32. The van der Waals surface area contributed by atoms with E-state index >= 15 is 0 Å². The number of likely N-dealkylation sites (tertiary alicyclic amines) is 1. The van der Waals surface area contributed by atoms with Crippen molar-refractivity contribution in [2.24, 2.45) is 5.92 Å². The molecule has 6 nitrogen and oxygen atoms in total. The Morgan fingerprint density at radius 2 is 1.97 bits per heavy atom. The number of nitrogens with one attached hydrogen (secondary N) is 1. The van der Waals surface area contributed by atoms with Crippen molar-refractivity contribution in [1.82, 2.24) is 10.2 Å². The molecule has 1 aliphatic heterocycles. The number of rotatable bonds is 10. The van der Waals surface area contributed by atoms with Gasteiger partial charge in [0, 0.05) is 48.4 Å². The van der Waals surface area contributed by atoms with Gasteiger partial charge in [-0.25, -0.2) is 4.39 Å². The first-order chi connectivity index (χ1) is 16.0. The van der Waals surface area contributed by atoms with Crippen LogP contribution < -0.4 is 10.1 Å². The van der Waals surface area contributed by atoms with Gasteiger partial charge in [-0.1, -0.05) is 36.7 Å². The molecule has 0 spiro atoms. The Hall–Kier alpha value is -2.19. The Kier molecular flexibility index (Phi) is 8.93. The summed E-state index contributed by atoms with van der Waals surface area (Å²) >= 11 is 6.00. The number of ether oxygens (including phenoxy) is 1. The third-order valence-corrected chi connectivity index (χ3v) is 6.63. The van der Waals surface area contributed by atoms with Crippen LogP contribution in [0.1, 0.15) is 38.3 Å². The van der Waals surface area contributed by atoms with Crippen LogP contribution in [0.15, 0.2) is 42.5 Å². The fourth-order valence-corrected chi connectivity index (χ4v) is 4.49. The molecule has 3 rings (SSSR count). The smallest absolute Gasteiger partial charge is 0.307 e. The third-order valence-electron chi connectivity index (χ3n) is 6.38. The largest absolute Gasteiger partial charge is 0.490 e. The Balaban J connectivity index is 1.52. The first-order valence-corrected chi connectivity index (χ1v) is 12.0. The normalized spacial score (nSPS) is 22.8. The molecule has 0 radical (unpaired) electrons. The van der Waals surface area contributed by atoms with Crippen molar-refractivity contribution >= 4 is 17.6 Å². The summed E-state index contributed by atoms with van der Waals surface area (Å²) in [5.41, 5.74) is 0.388. The van der Waals surface area contributed by atoms with E-state index in [4.69, 9.17) is 21.4 Å². The molecule has 4 atom stereocenters. The van der Waals surface area contributed by atoms with Gasteiger partial charge in [-0.15, -0.1) is 0 Å². The molecule has 1 unspecified atom stereocenters. The summed E-state index contributed by atoms with van der Waals surface area (Å²) in [6, 6.07) is 12.3. The molecular formula is C26H34ClFN2O4. The maximum Gasteiger partial charge on any atom is 0.307 e. The molecule has 186 valence electrons. The number of aliphatic hydroxyl groups is 1. The average Bonchev–Trinajstić information content (AvgIpc) is 2.76. The highest BCUT2D eigenvalue weighted by Crippen LogP contribution is 2.26. The van der Waals surface area contributed by atoms with E-state index in [1.165, 1.54) is 17.7 Å². The topological polar surface area (TPSA) is 82.0 Å². The molecule has 0 bridgehead atoms. The van der Waals surface area contributed by atoms with E-state index in [0.717, 1.165) is 30.6 Å². The van der Waals surface area contributed by atoms with Gasteiger partial charge in [-0.3, -0.25) is 9.69 Å². The fourth-order valence-electron chi connectivity index (χ4n) is 4.36. The van der Waals surface area contributed by atoms with Crippen LogP contribution in [0.2, 0.25) is 5.02 Å².